The molecular weight excluding hydrogens is 516 g/mol. The van der Waals surface area contributed by atoms with Gasteiger partial charge in [0.1, 0.15) is 22.8 Å². The lowest BCUT2D eigenvalue weighted by Crippen LogP contribution is -2.68. The molecule has 6 unspecified atom stereocenters. The predicted octanol–water partition coefficient (Wildman–Crippen LogP) is 1.49. The first kappa shape index (κ1) is 27.6. The van der Waals surface area contributed by atoms with Gasteiger partial charge in [-0.15, -0.1) is 0 Å². The van der Waals surface area contributed by atoms with Crippen LogP contribution < -0.4 is 5.73 Å². The number of rotatable bonds is 4. The lowest BCUT2D eigenvalue weighted by molar-refractivity contribution is -0.162. The molecule has 0 aromatic heterocycles. The van der Waals surface area contributed by atoms with Crippen molar-refractivity contribution in [2.75, 3.05) is 14.1 Å². The van der Waals surface area contributed by atoms with Crippen LogP contribution in [0.1, 0.15) is 38.5 Å². The first-order valence-corrected chi connectivity index (χ1v) is 12.9. The normalized spacial score (nSPS) is 29.8. The van der Waals surface area contributed by atoms with E-state index < -0.39 is 75.6 Å². The van der Waals surface area contributed by atoms with Gasteiger partial charge in [-0.3, -0.25) is 19.3 Å². The van der Waals surface area contributed by atoms with Gasteiger partial charge in [0.25, 0.3) is 5.91 Å². The van der Waals surface area contributed by atoms with Gasteiger partial charge >= 0.3 is 0 Å². The molecule has 1 amide bonds. The molecule has 0 radical (unpaired) electrons. The Morgan fingerprint density at radius 2 is 1.73 bits per heavy atom. The van der Waals surface area contributed by atoms with Crippen LogP contribution in [0, 0.1) is 25.7 Å². The van der Waals surface area contributed by atoms with E-state index in [-0.39, 0.29) is 17.7 Å². The van der Waals surface area contributed by atoms with E-state index in [2.05, 4.69) is 0 Å². The summed E-state index contributed by atoms with van der Waals surface area (Å²) in [4.78, 5) is 41.0. The molecule has 0 saturated carbocycles. The van der Waals surface area contributed by atoms with Crippen molar-refractivity contribution < 1.29 is 39.9 Å². The largest absolute Gasteiger partial charge is 0.510 e. The number of aryl methyl sites for hydroxylation is 2. The summed E-state index contributed by atoms with van der Waals surface area (Å²) in [5.41, 5.74) is 4.38. The molecule has 5 rings (SSSR count). The van der Waals surface area contributed by atoms with Gasteiger partial charge in [-0.2, -0.15) is 0 Å². The first-order chi connectivity index (χ1) is 18.7. The van der Waals surface area contributed by atoms with Crippen LogP contribution in [0.5, 0.6) is 5.75 Å². The Bertz CT molecular complexity index is 1540. The van der Waals surface area contributed by atoms with E-state index in [4.69, 9.17) is 5.73 Å². The number of aromatic hydroxyl groups is 1. The van der Waals surface area contributed by atoms with Crippen LogP contribution >= 0.6 is 0 Å². The van der Waals surface area contributed by atoms with Crippen LogP contribution in [-0.2, 0) is 16.0 Å². The third-order valence-corrected chi connectivity index (χ3v) is 8.83. The standard InChI is InChI=1S/C30H32N2O8/c1-12-8-9-14(10-13(12)2)11-16-15-6-5-7-17(33)18(15)24(34)20-19(16)25(35)22-23(32(3)4)26(36)21(29(31)39)28(38)30(22,40)27(20)37/h5-10,16,19,22-23,25,33,35-37,40H,11H2,1-4H3,(H2,31,39). The molecule has 210 valence electrons. The summed E-state index contributed by atoms with van der Waals surface area (Å²) in [7, 11) is 3.01. The summed E-state index contributed by atoms with van der Waals surface area (Å²) in [5.74, 6) is -9.10. The smallest absolute Gasteiger partial charge is 0.255 e. The number of hydrogen-bond acceptors (Lipinski definition) is 9. The molecule has 10 nitrogen and oxygen atoms in total. The zero-order chi connectivity index (χ0) is 29.4. The molecule has 0 heterocycles. The fourth-order valence-corrected chi connectivity index (χ4v) is 6.83. The second-order valence-corrected chi connectivity index (χ2v) is 11.2. The number of nitrogens with zero attached hydrogens (tertiary/aromatic N) is 1. The molecule has 7 N–H and O–H groups in total. The quantitative estimate of drug-likeness (QED) is 0.308. The summed E-state index contributed by atoms with van der Waals surface area (Å²) in [6.07, 6.45) is -1.37. The molecule has 10 heteroatoms. The van der Waals surface area contributed by atoms with Crippen molar-refractivity contribution in [1.29, 1.82) is 0 Å². The Labute approximate surface area is 230 Å². The van der Waals surface area contributed by atoms with E-state index >= 15 is 0 Å². The molecule has 2 aromatic rings. The SMILES string of the molecule is Cc1ccc(CC2c3cccc(O)c3C(=O)C3=C(O)C4(O)C(=O)C(C(N)=O)=C(O)C(N(C)C)C4C(O)C32)cc1C. The Hall–Kier alpha value is -3.99. The van der Waals surface area contributed by atoms with E-state index in [9.17, 15) is 39.9 Å². The summed E-state index contributed by atoms with van der Waals surface area (Å²) >= 11 is 0. The van der Waals surface area contributed by atoms with E-state index in [1.54, 1.807) is 12.1 Å². The third kappa shape index (κ3) is 3.63. The molecule has 0 aliphatic heterocycles. The highest BCUT2D eigenvalue weighted by molar-refractivity contribution is 6.25. The molecule has 3 aliphatic rings. The van der Waals surface area contributed by atoms with Crippen molar-refractivity contribution in [3.8, 4) is 5.75 Å². The molecule has 0 spiro atoms. The van der Waals surface area contributed by atoms with Gasteiger partial charge in [0, 0.05) is 11.5 Å². The molecule has 2 aromatic carbocycles. The predicted molar refractivity (Wildman–Crippen MR) is 144 cm³/mol. The molecular formula is C30H32N2O8. The number of carbonyl (C=O) groups is 3. The van der Waals surface area contributed by atoms with Crippen LogP contribution in [-0.4, -0.2) is 79.7 Å². The number of fused-ring (bicyclic) bond motifs is 3. The molecule has 40 heavy (non-hydrogen) atoms. The van der Waals surface area contributed by atoms with Crippen molar-refractivity contribution in [1.82, 2.24) is 4.90 Å². The summed E-state index contributed by atoms with van der Waals surface area (Å²) in [6, 6.07) is 9.08. The van der Waals surface area contributed by atoms with Gasteiger partial charge in [-0.25, -0.2) is 0 Å². The van der Waals surface area contributed by atoms with Gasteiger partial charge in [0.2, 0.25) is 5.78 Å². The summed E-state index contributed by atoms with van der Waals surface area (Å²) in [6.45, 7) is 3.93. The number of primary amides is 1. The minimum absolute atomic E-state index is 0.107. The number of Topliss-reactive ketones (excluding diaryl/α,β-unsaturated/α-hetero) is 2. The van der Waals surface area contributed by atoms with E-state index in [0.29, 0.717) is 5.56 Å². The van der Waals surface area contributed by atoms with Crippen LogP contribution in [0.4, 0.5) is 0 Å². The highest BCUT2D eigenvalue weighted by Crippen LogP contribution is 2.56. The fourth-order valence-electron chi connectivity index (χ4n) is 6.83. The molecule has 0 saturated heterocycles. The Kier molecular flexibility index (Phi) is 6.41. The zero-order valence-electron chi connectivity index (χ0n) is 22.5. The average Bonchev–Trinajstić information content (AvgIpc) is 2.87. The van der Waals surface area contributed by atoms with Crippen LogP contribution in [0.15, 0.2) is 59.1 Å². The first-order valence-electron chi connectivity index (χ1n) is 12.9. The average molecular weight is 549 g/mol. The van der Waals surface area contributed by atoms with E-state index in [0.717, 1.165) is 16.7 Å². The lowest BCUT2D eigenvalue weighted by Gasteiger charge is -2.53. The number of aliphatic hydroxyl groups excluding tert-OH is 3. The van der Waals surface area contributed by atoms with Crippen molar-refractivity contribution >= 4 is 17.5 Å². The maximum Gasteiger partial charge on any atom is 0.255 e. The Morgan fingerprint density at radius 1 is 1.05 bits per heavy atom. The second-order valence-electron chi connectivity index (χ2n) is 11.2. The third-order valence-electron chi connectivity index (χ3n) is 8.83. The van der Waals surface area contributed by atoms with E-state index in [1.807, 2.05) is 32.0 Å². The number of amides is 1. The van der Waals surface area contributed by atoms with Gasteiger partial charge < -0.3 is 31.3 Å². The number of likely N-dealkylation sites (N-methyl/N-ethyl adjacent to an activating group) is 1. The minimum atomic E-state index is -2.95. The summed E-state index contributed by atoms with van der Waals surface area (Å²) < 4.78 is 0. The number of phenols is 1. The fraction of sp³-hybridized carbons (Fsp3) is 0.367. The molecule has 6 atom stereocenters. The number of benzene rings is 2. The Morgan fingerprint density at radius 3 is 2.33 bits per heavy atom. The molecule has 3 aliphatic carbocycles. The minimum Gasteiger partial charge on any atom is -0.510 e. The van der Waals surface area contributed by atoms with Gasteiger partial charge in [-0.05, 0) is 68.6 Å². The number of ketones is 2. The van der Waals surface area contributed by atoms with Crippen LogP contribution in [0.2, 0.25) is 0 Å². The lowest BCUT2D eigenvalue weighted by atomic mass is 9.54. The van der Waals surface area contributed by atoms with E-state index in [1.165, 1.54) is 25.1 Å². The number of aliphatic hydroxyl groups is 4. The second kappa shape index (κ2) is 9.29. The molecule has 0 fully saturated rings. The number of phenolic OH excluding ortho intramolecular Hbond substituents is 1. The Balaban J connectivity index is 1.80. The topological polar surface area (TPSA) is 182 Å². The number of nitrogens with two attached hydrogens (primary N) is 1. The van der Waals surface area contributed by atoms with Crippen molar-refractivity contribution in [3.05, 3.63) is 86.9 Å². The summed E-state index contributed by atoms with van der Waals surface area (Å²) in [5, 5.41) is 57.2. The zero-order valence-corrected chi connectivity index (χ0v) is 22.5. The molecule has 0 bridgehead atoms. The highest BCUT2D eigenvalue weighted by Gasteiger charge is 2.67. The van der Waals surface area contributed by atoms with Crippen molar-refractivity contribution in [2.45, 2.75) is 43.9 Å². The van der Waals surface area contributed by atoms with Crippen molar-refractivity contribution in [2.24, 2.45) is 17.6 Å². The number of hydrogen-bond donors (Lipinski definition) is 6. The van der Waals surface area contributed by atoms with Crippen LogP contribution in [0.25, 0.3) is 0 Å². The van der Waals surface area contributed by atoms with Crippen molar-refractivity contribution in [3.63, 3.8) is 0 Å². The van der Waals surface area contributed by atoms with Gasteiger partial charge in [0.05, 0.1) is 23.6 Å². The van der Waals surface area contributed by atoms with Gasteiger partial charge in [0.15, 0.2) is 11.4 Å². The maximum absolute atomic E-state index is 13.9. The highest BCUT2D eigenvalue weighted by atomic mass is 16.4. The maximum atomic E-state index is 13.9. The van der Waals surface area contributed by atoms with Gasteiger partial charge in [-0.1, -0.05) is 30.3 Å². The number of carbonyl (C=O) groups excluding carboxylic acids is 3. The monoisotopic (exact) mass is 548 g/mol. The van der Waals surface area contributed by atoms with Crippen LogP contribution in [0.3, 0.4) is 0 Å².